The van der Waals surface area contributed by atoms with Crippen LogP contribution in [0.1, 0.15) is 65.2 Å². The van der Waals surface area contributed by atoms with Crippen LogP contribution in [-0.4, -0.2) is 58.4 Å². The quantitative estimate of drug-likeness (QED) is 0.395. The summed E-state index contributed by atoms with van der Waals surface area (Å²) >= 11 is 0. The molecule has 2 heterocycles. The number of carbonyl (C=O) groups excluding carboxylic acids is 3. The van der Waals surface area contributed by atoms with Gasteiger partial charge in [0.05, 0.1) is 17.9 Å². The second-order valence-corrected chi connectivity index (χ2v) is 12.8. The van der Waals surface area contributed by atoms with Crippen LogP contribution in [0.3, 0.4) is 0 Å². The maximum absolute atomic E-state index is 14.1. The van der Waals surface area contributed by atoms with Crippen molar-refractivity contribution in [3.05, 3.63) is 12.2 Å². The number of rotatable bonds is 2. The lowest BCUT2D eigenvalue weighted by molar-refractivity contribution is -0.437. The van der Waals surface area contributed by atoms with E-state index in [0.717, 1.165) is 12.8 Å². The number of ether oxygens (including phenoxy) is 2. The van der Waals surface area contributed by atoms with E-state index in [9.17, 15) is 24.6 Å². The molecule has 4 bridgehead atoms. The molecule has 35 heavy (non-hydrogen) atoms. The number of hydrogen-bond donors (Lipinski definition) is 3. The van der Waals surface area contributed by atoms with Crippen LogP contribution >= 0.6 is 0 Å². The van der Waals surface area contributed by atoms with Gasteiger partial charge in [0.2, 0.25) is 5.79 Å². The van der Waals surface area contributed by atoms with Crippen LogP contribution < -0.4 is 5.73 Å². The first-order valence-corrected chi connectivity index (χ1v) is 13.2. The van der Waals surface area contributed by atoms with Gasteiger partial charge in [0.25, 0.3) is 0 Å². The number of esters is 1. The Labute approximate surface area is 205 Å². The topological polar surface area (TPSA) is 136 Å². The number of ketones is 2. The monoisotopic (exact) mass is 487 g/mol. The van der Waals surface area contributed by atoms with Gasteiger partial charge in [-0.1, -0.05) is 20.4 Å². The molecule has 5 aliphatic carbocycles. The van der Waals surface area contributed by atoms with Gasteiger partial charge in [0, 0.05) is 24.3 Å². The van der Waals surface area contributed by atoms with Crippen molar-refractivity contribution < 1.29 is 34.1 Å². The van der Waals surface area contributed by atoms with Gasteiger partial charge in [0.15, 0.2) is 5.78 Å². The Hall–Kier alpha value is -1.61. The molecule has 2 saturated heterocycles. The fraction of sp³-hybridized carbons (Fsp3) is 0.815. The van der Waals surface area contributed by atoms with Crippen LogP contribution in [0.4, 0.5) is 0 Å². The number of aliphatic hydroxyl groups is 2. The maximum atomic E-state index is 14.1. The van der Waals surface area contributed by atoms with Crippen molar-refractivity contribution in [2.45, 2.75) is 89.3 Å². The summed E-state index contributed by atoms with van der Waals surface area (Å²) in [5.74, 6) is -5.04. The summed E-state index contributed by atoms with van der Waals surface area (Å²) in [5, 5.41) is 23.9. The van der Waals surface area contributed by atoms with E-state index in [0.29, 0.717) is 44.1 Å². The SMILES string of the molecule is C=C1C(=O)[C@]23[C@H](OC(=O)C4CCC(N)CC4)[C@H]1CC[C@H]2[C@@]12COC3(O)[C@@H](O)[C@@H]1C(C)(C)CCC2=O. The zero-order valence-electron chi connectivity index (χ0n) is 20.6. The van der Waals surface area contributed by atoms with Gasteiger partial charge in [-0.2, -0.15) is 0 Å². The molecule has 8 heteroatoms. The molecule has 7 rings (SSSR count). The first-order chi connectivity index (χ1) is 16.4. The highest BCUT2D eigenvalue weighted by molar-refractivity contribution is 6.06. The molecule has 2 aliphatic heterocycles. The predicted octanol–water partition coefficient (Wildman–Crippen LogP) is 1.65. The zero-order chi connectivity index (χ0) is 25.1. The third-order valence-corrected chi connectivity index (χ3v) is 11.0. The lowest BCUT2D eigenvalue weighted by atomic mass is 9.36. The van der Waals surface area contributed by atoms with Crippen molar-refractivity contribution in [1.82, 2.24) is 0 Å². The Bertz CT molecular complexity index is 1010. The highest BCUT2D eigenvalue weighted by atomic mass is 16.6. The van der Waals surface area contributed by atoms with Crippen molar-refractivity contribution in [2.24, 2.45) is 45.7 Å². The van der Waals surface area contributed by atoms with E-state index < -0.39 is 63.7 Å². The Balaban J connectivity index is 1.48. The molecule has 0 aromatic rings. The van der Waals surface area contributed by atoms with Crippen molar-refractivity contribution in [3.63, 3.8) is 0 Å². The molecular formula is C27H37NO7. The summed E-state index contributed by atoms with van der Waals surface area (Å²) in [4.78, 5) is 41.2. The lowest BCUT2D eigenvalue weighted by Crippen LogP contribution is -2.85. The molecule has 5 saturated carbocycles. The Morgan fingerprint density at radius 3 is 2.51 bits per heavy atom. The van der Waals surface area contributed by atoms with E-state index in [1.807, 2.05) is 13.8 Å². The molecule has 8 atom stereocenters. The number of carbonyl (C=O) groups is 3. The van der Waals surface area contributed by atoms with E-state index in [1.54, 1.807) is 0 Å². The van der Waals surface area contributed by atoms with E-state index in [4.69, 9.17) is 15.2 Å². The Kier molecular flexibility index (Phi) is 4.92. The third-order valence-electron chi connectivity index (χ3n) is 11.0. The average Bonchev–Trinajstić information content (AvgIpc) is 2.93. The van der Waals surface area contributed by atoms with Crippen LogP contribution in [-0.2, 0) is 23.9 Å². The predicted molar refractivity (Wildman–Crippen MR) is 123 cm³/mol. The molecule has 0 aromatic heterocycles. The van der Waals surface area contributed by atoms with Gasteiger partial charge < -0.3 is 25.4 Å². The number of aliphatic hydroxyl groups excluding tert-OH is 1. The highest BCUT2D eigenvalue weighted by Gasteiger charge is 2.88. The Morgan fingerprint density at radius 2 is 1.83 bits per heavy atom. The largest absolute Gasteiger partial charge is 0.460 e. The Morgan fingerprint density at radius 1 is 1.14 bits per heavy atom. The van der Waals surface area contributed by atoms with Gasteiger partial charge >= 0.3 is 5.97 Å². The molecule has 0 amide bonds. The van der Waals surface area contributed by atoms with Gasteiger partial charge in [-0.25, -0.2) is 0 Å². The first-order valence-electron chi connectivity index (χ1n) is 13.2. The van der Waals surface area contributed by atoms with Crippen LogP contribution in [0.5, 0.6) is 0 Å². The molecule has 8 nitrogen and oxygen atoms in total. The summed E-state index contributed by atoms with van der Waals surface area (Å²) in [6, 6.07) is 0.0734. The minimum absolute atomic E-state index is 0.0258. The van der Waals surface area contributed by atoms with Gasteiger partial charge in [-0.3, -0.25) is 14.4 Å². The van der Waals surface area contributed by atoms with Crippen LogP contribution in [0.25, 0.3) is 0 Å². The van der Waals surface area contributed by atoms with Crippen molar-refractivity contribution in [2.75, 3.05) is 6.61 Å². The molecular weight excluding hydrogens is 450 g/mol. The maximum Gasteiger partial charge on any atom is 0.309 e. The standard InChI is InChI=1S/C27H37NO7/c1-13-16-8-9-17-25-12-34-27(33,21(31)19(25)24(2,3)11-10-18(25)29)26(17,20(13)30)22(16)35-23(32)14-4-6-15(28)7-5-14/h14-17,19,21-22,31,33H,1,4-12,28H2,2-3H3/t14?,15?,16-,17-,19+,21-,22+,25+,26-,27?/m0/s1. The minimum atomic E-state index is -2.26. The van der Waals surface area contributed by atoms with Gasteiger partial charge in [-0.15, -0.1) is 0 Å². The highest BCUT2D eigenvalue weighted by Crippen LogP contribution is 2.76. The summed E-state index contributed by atoms with van der Waals surface area (Å²) in [6.45, 7) is 8.03. The van der Waals surface area contributed by atoms with Gasteiger partial charge in [0.1, 0.15) is 23.4 Å². The minimum Gasteiger partial charge on any atom is -0.460 e. The van der Waals surface area contributed by atoms with E-state index in [1.165, 1.54) is 0 Å². The van der Waals surface area contributed by atoms with Crippen LogP contribution in [0, 0.1) is 39.9 Å². The number of nitrogens with two attached hydrogens (primary N) is 1. The summed E-state index contributed by atoms with van der Waals surface area (Å²) in [7, 11) is 0. The fourth-order valence-electron chi connectivity index (χ4n) is 9.34. The first kappa shape index (κ1) is 23.8. The van der Waals surface area contributed by atoms with E-state index in [2.05, 4.69) is 6.58 Å². The molecule has 7 aliphatic rings. The fourth-order valence-corrected chi connectivity index (χ4v) is 9.34. The summed E-state index contributed by atoms with van der Waals surface area (Å²) in [6.07, 6.45) is 2.19. The summed E-state index contributed by atoms with van der Waals surface area (Å²) in [5.41, 5.74) is 3.03. The normalized spacial score (nSPS) is 52.1. The number of fused-ring (bicyclic) bond motifs is 2. The second-order valence-electron chi connectivity index (χ2n) is 12.8. The van der Waals surface area contributed by atoms with E-state index in [-0.39, 0.29) is 24.3 Å². The third kappa shape index (κ3) is 2.59. The number of hydrogen-bond acceptors (Lipinski definition) is 8. The van der Waals surface area contributed by atoms with Gasteiger partial charge in [-0.05, 0) is 61.9 Å². The van der Waals surface area contributed by atoms with Crippen LogP contribution in [0.2, 0.25) is 0 Å². The molecule has 7 fully saturated rings. The van der Waals surface area contributed by atoms with Crippen LogP contribution in [0.15, 0.2) is 12.2 Å². The van der Waals surface area contributed by atoms with Crippen molar-refractivity contribution in [3.8, 4) is 0 Å². The molecule has 0 radical (unpaired) electrons. The second kappa shape index (κ2) is 7.24. The van der Waals surface area contributed by atoms with Crippen molar-refractivity contribution >= 4 is 17.5 Å². The van der Waals surface area contributed by atoms with E-state index >= 15 is 0 Å². The zero-order valence-corrected chi connectivity index (χ0v) is 20.6. The van der Waals surface area contributed by atoms with Crippen molar-refractivity contribution in [1.29, 1.82) is 0 Å². The lowest BCUT2D eigenvalue weighted by Gasteiger charge is -2.73. The smallest absolute Gasteiger partial charge is 0.309 e. The molecule has 0 aromatic carbocycles. The number of Topliss-reactive ketones (excluding diaryl/α,β-unsaturated/α-hetero) is 2. The molecule has 192 valence electrons. The average molecular weight is 488 g/mol. The molecule has 4 N–H and O–H groups in total. The molecule has 2 spiro atoms. The molecule has 1 unspecified atom stereocenters. The summed E-state index contributed by atoms with van der Waals surface area (Å²) < 4.78 is 12.2.